The molecule has 4 nitrogen and oxygen atoms in total. The monoisotopic (exact) mass is 246 g/mol. The molecule has 1 aromatic rings. The summed E-state index contributed by atoms with van der Waals surface area (Å²) in [6, 6.07) is 5.74. The van der Waals surface area contributed by atoms with Crippen molar-refractivity contribution < 1.29 is 9.90 Å². The summed E-state index contributed by atoms with van der Waals surface area (Å²) in [4.78, 5) is 13.7. The Morgan fingerprint density at radius 2 is 2.17 bits per heavy atom. The molecule has 1 aliphatic carbocycles. The average Bonchev–Trinajstić information content (AvgIpc) is 2.88. The first-order valence-corrected chi connectivity index (χ1v) is 6.48. The highest BCUT2D eigenvalue weighted by molar-refractivity contribution is 5.83. The molecule has 96 valence electrons. The van der Waals surface area contributed by atoms with Crippen LogP contribution in [0.15, 0.2) is 18.2 Å². The smallest absolute Gasteiger partial charge is 0.239 e. The number of nitrogens with zero attached hydrogens (tertiary/aromatic N) is 1. The van der Waals surface area contributed by atoms with Crippen LogP contribution < -0.4 is 5.32 Å². The summed E-state index contributed by atoms with van der Waals surface area (Å²) in [5.74, 6) is 0.522. The molecular formula is C14H18N2O2. The topological polar surface area (TPSA) is 52.6 Å². The van der Waals surface area contributed by atoms with E-state index in [0.717, 1.165) is 25.8 Å². The van der Waals surface area contributed by atoms with Gasteiger partial charge in [-0.05, 0) is 42.5 Å². The summed E-state index contributed by atoms with van der Waals surface area (Å²) in [5, 5.41) is 12.9. The predicted octanol–water partition coefficient (Wildman–Crippen LogP) is 1.20. The molecule has 0 spiro atoms. The van der Waals surface area contributed by atoms with Gasteiger partial charge in [-0.1, -0.05) is 6.07 Å². The molecule has 0 aromatic heterocycles. The van der Waals surface area contributed by atoms with Gasteiger partial charge in [-0.3, -0.25) is 10.1 Å². The quantitative estimate of drug-likeness (QED) is 0.824. The molecule has 2 unspecified atom stereocenters. The van der Waals surface area contributed by atoms with Gasteiger partial charge in [0, 0.05) is 19.6 Å². The Hall–Kier alpha value is -1.55. The molecule has 2 aliphatic rings. The van der Waals surface area contributed by atoms with Gasteiger partial charge < -0.3 is 10.0 Å². The number of likely N-dealkylation sites (tertiary alicyclic amines) is 1. The summed E-state index contributed by atoms with van der Waals surface area (Å²) in [5.41, 5.74) is 2.43. The fraction of sp³-hybridized carbons (Fsp3) is 0.500. The minimum Gasteiger partial charge on any atom is -0.508 e. The highest BCUT2D eigenvalue weighted by atomic mass is 16.3. The lowest BCUT2D eigenvalue weighted by Crippen LogP contribution is -2.38. The fourth-order valence-corrected chi connectivity index (χ4v) is 3.00. The Morgan fingerprint density at radius 1 is 1.33 bits per heavy atom. The third-order valence-electron chi connectivity index (χ3n) is 4.03. The molecule has 1 aliphatic heterocycles. The van der Waals surface area contributed by atoms with Crippen molar-refractivity contribution in [2.45, 2.75) is 31.3 Å². The molecule has 1 amide bonds. The van der Waals surface area contributed by atoms with Crippen LogP contribution in [-0.4, -0.2) is 35.5 Å². The van der Waals surface area contributed by atoms with Crippen molar-refractivity contribution in [1.29, 1.82) is 0 Å². The van der Waals surface area contributed by atoms with Crippen molar-refractivity contribution >= 4 is 5.91 Å². The molecule has 0 radical (unpaired) electrons. The predicted molar refractivity (Wildman–Crippen MR) is 68.3 cm³/mol. The number of hydrogen-bond acceptors (Lipinski definition) is 3. The van der Waals surface area contributed by atoms with E-state index in [9.17, 15) is 9.90 Å². The van der Waals surface area contributed by atoms with Gasteiger partial charge in [-0.2, -0.15) is 0 Å². The lowest BCUT2D eigenvalue weighted by molar-refractivity contribution is -0.128. The van der Waals surface area contributed by atoms with Gasteiger partial charge >= 0.3 is 0 Å². The molecule has 0 saturated carbocycles. The molecule has 3 rings (SSSR count). The van der Waals surface area contributed by atoms with E-state index in [1.807, 2.05) is 19.2 Å². The van der Waals surface area contributed by atoms with Gasteiger partial charge in [0.15, 0.2) is 0 Å². The van der Waals surface area contributed by atoms with Crippen molar-refractivity contribution in [3.63, 3.8) is 0 Å². The number of carbonyl (C=O) groups excluding carboxylic acids is 1. The number of aromatic hydroxyl groups is 1. The van der Waals surface area contributed by atoms with E-state index in [2.05, 4.69) is 5.32 Å². The number of benzene rings is 1. The van der Waals surface area contributed by atoms with Crippen molar-refractivity contribution in [3.05, 3.63) is 29.3 Å². The molecule has 0 bridgehead atoms. The van der Waals surface area contributed by atoms with Crippen molar-refractivity contribution in [2.24, 2.45) is 0 Å². The van der Waals surface area contributed by atoms with Gasteiger partial charge in [-0.25, -0.2) is 0 Å². The van der Waals surface area contributed by atoms with E-state index in [4.69, 9.17) is 0 Å². The normalized spacial score (nSPS) is 26.7. The summed E-state index contributed by atoms with van der Waals surface area (Å²) < 4.78 is 0. The number of aryl methyl sites for hydroxylation is 1. The van der Waals surface area contributed by atoms with E-state index < -0.39 is 0 Å². The van der Waals surface area contributed by atoms with Crippen LogP contribution in [0.2, 0.25) is 0 Å². The van der Waals surface area contributed by atoms with E-state index in [1.165, 1.54) is 11.1 Å². The molecule has 1 saturated heterocycles. The maximum Gasteiger partial charge on any atom is 0.239 e. The van der Waals surface area contributed by atoms with Crippen LogP contribution in [-0.2, 0) is 11.2 Å². The molecule has 1 fully saturated rings. The zero-order chi connectivity index (χ0) is 12.7. The summed E-state index contributed by atoms with van der Waals surface area (Å²) >= 11 is 0. The first-order valence-electron chi connectivity index (χ1n) is 6.48. The van der Waals surface area contributed by atoms with E-state index in [-0.39, 0.29) is 18.0 Å². The Bertz CT molecular complexity index is 487. The van der Waals surface area contributed by atoms with Crippen molar-refractivity contribution in [1.82, 2.24) is 10.2 Å². The average molecular weight is 246 g/mol. The lowest BCUT2D eigenvalue weighted by Gasteiger charge is -2.18. The van der Waals surface area contributed by atoms with Gasteiger partial charge in [0.05, 0.1) is 6.04 Å². The standard InChI is InChI=1S/C14H18N2O2/c1-16-7-6-13(14(16)18)15-12-5-2-9-8-10(17)3-4-11(9)12/h3-4,8,12-13,15,17H,2,5-7H2,1H3. The second kappa shape index (κ2) is 4.28. The van der Waals surface area contributed by atoms with Crippen LogP contribution in [0.25, 0.3) is 0 Å². The Labute approximate surface area is 107 Å². The Kier molecular flexibility index (Phi) is 2.74. The number of rotatable bonds is 2. The maximum atomic E-state index is 11.9. The molecule has 4 heteroatoms. The largest absolute Gasteiger partial charge is 0.508 e. The highest BCUT2D eigenvalue weighted by Gasteiger charge is 2.33. The molecule has 2 atom stereocenters. The second-order valence-corrected chi connectivity index (χ2v) is 5.24. The Morgan fingerprint density at radius 3 is 2.89 bits per heavy atom. The van der Waals surface area contributed by atoms with Crippen LogP contribution in [0, 0.1) is 0 Å². The fourth-order valence-electron chi connectivity index (χ4n) is 3.00. The number of phenols is 1. The van der Waals surface area contributed by atoms with Crippen LogP contribution >= 0.6 is 0 Å². The molecule has 2 N–H and O–H groups in total. The zero-order valence-corrected chi connectivity index (χ0v) is 10.5. The first-order chi connectivity index (χ1) is 8.65. The number of phenolic OH excluding ortho intramolecular Hbond substituents is 1. The van der Waals surface area contributed by atoms with Crippen molar-refractivity contribution in [3.8, 4) is 5.75 Å². The van der Waals surface area contributed by atoms with E-state index in [0.29, 0.717) is 5.75 Å². The van der Waals surface area contributed by atoms with Crippen LogP contribution in [0.3, 0.4) is 0 Å². The summed E-state index contributed by atoms with van der Waals surface area (Å²) in [6.45, 7) is 0.839. The van der Waals surface area contributed by atoms with Crippen LogP contribution in [0.4, 0.5) is 0 Å². The van der Waals surface area contributed by atoms with Crippen LogP contribution in [0.1, 0.15) is 30.0 Å². The van der Waals surface area contributed by atoms with Gasteiger partial charge in [0.25, 0.3) is 0 Å². The summed E-state index contributed by atoms with van der Waals surface area (Å²) in [7, 11) is 1.85. The SMILES string of the molecule is CN1CCC(NC2CCc3cc(O)ccc32)C1=O. The van der Waals surface area contributed by atoms with Gasteiger partial charge in [0.1, 0.15) is 5.75 Å². The Balaban J connectivity index is 1.75. The number of nitrogens with one attached hydrogen (secondary N) is 1. The number of carbonyl (C=O) groups is 1. The van der Waals surface area contributed by atoms with Gasteiger partial charge in [-0.15, -0.1) is 0 Å². The van der Waals surface area contributed by atoms with E-state index in [1.54, 1.807) is 11.0 Å². The number of fused-ring (bicyclic) bond motifs is 1. The van der Waals surface area contributed by atoms with E-state index >= 15 is 0 Å². The minimum absolute atomic E-state index is 0.0419. The highest BCUT2D eigenvalue weighted by Crippen LogP contribution is 2.34. The third-order valence-corrected chi connectivity index (χ3v) is 4.03. The molecule has 18 heavy (non-hydrogen) atoms. The summed E-state index contributed by atoms with van der Waals surface area (Å²) in [6.07, 6.45) is 2.86. The lowest BCUT2D eigenvalue weighted by atomic mass is 10.1. The number of likely N-dealkylation sites (N-methyl/N-ethyl adjacent to an activating group) is 1. The first kappa shape index (κ1) is 11.5. The maximum absolute atomic E-state index is 11.9. The molecule has 1 aromatic carbocycles. The molecule has 1 heterocycles. The third kappa shape index (κ3) is 1.86. The van der Waals surface area contributed by atoms with Crippen molar-refractivity contribution in [2.75, 3.05) is 13.6 Å². The zero-order valence-electron chi connectivity index (χ0n) is 10.5. The number of amides is 1. The second-order valence-electron chi connectivity index (χ2n) is 5.24. The minimum atomic E-state index is -0.0419. The number of hydrogen-bond donors (Lipinski definition) is 2. The molecular weight excluding hydrogens is 228 g/mol. The van der Waals surface area contributed by atoms with Gasteiger partial charge in [0.2, 0.25) is 5.91 Å². The van der Waals surface area contributed by atoms with Crippen LogP contribution in [0.5, 0.6) is 5.75 Å².